The first-order valence-corrected chi connectivity index (χ1v) is 9.29. The zero-order chi connectivity index (χ0) is 19.7. The third-order valence-corrected chi connectivity index (χ3v) is 5.03. The van der Waals surface area contributed by atoms with Gasteiger partial charge >= 0.3 is 0 Å². The first-order valence-electron chi connectivity index (χ1n) is 8.88. The van der Waals surface area contributed by atoms with Gasteiger partial charge < -0.3 is 9.30 Å². The molecule has 0 bridgehead atoms. The number of carbonyl (C=O) groups excluding carboxylic acids is 1. The van der Waals surface area contributed by atoms with Crippen LogP contribution in [-0.4, -0.2) is 27.1 Å². The van der Waals surface area contributed by atoms with Crippen LogP contribution >= 0.6 is 12.2 Å². The smallest absolute Gasteiger partial charge is 0.297 e. The zero-order valence-corrected chi connectivity index (χ0v) is 15.9. The zero-order valence-electron chi connectivity index (χ0n) is 15.1. The largest absolute Gasteiger partial charge is 0.426 e. The van der Waals surface area contributed by atoms with Crippen LogP contribution in [0.5, 0.6) is 0 Å². The number of nitriles is 1. The Bertz CT molecular complexity index is 1200. The second-order valence-electron chi connectivity index (χ2n) is 6.43. The highest BCUT2D eigenvalue weighted by Crippen LogP contribution is 2.31. The van der Waals surface area contributed by atoms with Gasteiger partial charge in [0, 0.05) is 34.9 Å². The molecule has 1 saturated heterocycles. The lowest BCUT2D eigenvalue weighted by Gasteiger charge is -2.08. The molecule has 2 heterocycles. The third-order valence-electron chi connectivity index (χ3n) is 4.73. The van der Waals surface area contributed by atoms with Gasteiger partial charge in [0.25, 0.3) is 11.1 Å². The second kappa shape index (κ2) is 7.29. The topological polar surface area (TPSA) is 58.3 Å². The summed E-state index contributed by atoms with van der Waals surface area (Å²) in [7, 11) is 0. The first-order chi connectivity index (χ1) is 13.6. The Hall–Kier alpha value is -3.43. The molecule has 0 radical (unpaired) electrons. The van der Waals surface area contributed by atoms with E-state index in [0.29, 0.717) is 6.54 Å². The molecule has 4 rings (SSSR count). The van der Waals surface area contributed by atoms with E-state index in [1.165, 1.54) is 4.90 Å². The predicted octanol–water partition coefficient (Wildman–Crippen LogP) is 4.38. The monoisotopic (exact) mass is 387 g/mol. The summed E-state index contributed by atoms with van der Waals surface area (Å²) in [6.07, 6.45) is 3.78. The number of thiocarbonyl (C=S) groups is 1. The van der Waals surface area contributed by atoms with Crippen molar-refractivity contribution in [2.45, 2.75) is 13.0 Å². The molecule has 0 aliphatic carbocycles. The van der Waals surface area contributed by atoms with Gasteiger partial charge in [-0.15, -0.1) is 6.58 Å². The van der Waals surface area contributed by atoms with Gasteiger partial charge in [-0.05, 0) is 42.1 Å². The van der Waals surface area contributed by atoms with Crippen molar-refractivity contribution < 1.29 is 9.53 Å². The summed E-state index contributed by atoms with van der Waals surface area (Å²) in [6, 6.07) is 16.3. The SMILES string of the molecule is C=CCn1c2ccccc2c2cc(C=C3OC(=S)N(CCC#N)C3=O)ccc21. The molecule has 1 aliphatic rings. The van der Waals surface area contributed by atoms with Crippen LogP contribution in [0.4, 0.5) is 0 Å². The maximum atomic E-state index is 12.5. The average Bonchev–Trinajstić information content (AvgIpc) is 3.15. The highest BCUT2D eigenvalue weighted by atomic mass is 32.1. The Labute approximate surface area is 167 Å². The number of hydrogen-bond donors (Lipinski definition) is 0. The fourth-order valence-electron chi connectivity index (χ4n) is 3.49. The molecule has 6 heteroatoms. The fraction of sp³-hybridized carbons (Fsp3) is 0.136. The second-order valence-corrected chi connectivity index (χ2v) is 6.78. The molecule has 0 spiro atoms. The molecule has 5 nitrogen and oxygen atoms in total. The van der Waals surface area contributed by atoms with Crippen molar-refractivity contribution in [1.82, 2.24) is 9.47 Å². The quantitative estimate of drug-likeness (QED) is 0.370. The maximum Gasteiger partial charge on any atom is 0.297 e. The number of fused-ring (bicyclic) bond motifs is 3. The van der Waals surface area contributed by atoms with Gasteiger partial charge in [0.05, 0.1) is 12.5 Å². The molecule has 1 amide bonds. The van der Waals surface area contributed by atoms with Crippen LogP contribution in [0.1, 0.15) is 12.0 Å². The number of benzene rings is 2. The molecule has 0 N–H and O–H groups in total. The molecule has 1 aliphatic heterocycles. The lowest BCUT2D eigenvalue weighted by Crippen LogP contribution is -2.29. The van der Waals surface area contributed by atoms with E-state index >= 15 is 0 Å². The van der Waals surface area contributed by atoms with Crippen LogP contribution in [0.3, 0.4) is 0 Å². The number of carbonyl (C=O) groups is 1. The van der Waals surface area contributed by atoms with Gasteiger partial charge in [-0.1, -0.05) is 30.3 Å². The maximum absolute atomic E-state index is 12.5. The van der Waals surface area contributed by atoms with Gasteiger partial charge in [0.1, 0.15) is 0 Å². The molecular formula is C22H17N3O2S. The summed E-state index contributed by atoms with van der Waals surface area (Å²) in [5, 5.41) is 11.1. The standard InChI is InChI=1S/C22H17N3O2S/c1-2-11-24-18-7-4-3-6-16(18)17-13-15(8-9-19(17)24)14-20-21(26)25(12-5-10-23)22(28)27-20/h2-4,6-9,13-14H,1,5,11-12H2. The molecule has 2 aromatic carbocycles. The minimum absolute atomic E-state index is 0.0927. The van der Waals surface area contributed by atoms with E-state index in [-0.39, 0.29) is 29.8 Å². The number of allylic oxidation sites excluding steroid dienone is 1. The lowest BCUT2D eigenvalue weighted by atomic mass is 10.1. The normalized spacial score (nSPS) is 15.4. The Morgan fingerprint density at radius 3 is 2.75 bits per heavy atom. The van der Waals surface area contributed by atoms with E-state index in [2.05, 4.69) is 23.3 Å². The Kier molecular flexibility index (Phi) is 4.68. The van der Waals surface area contributed by atoms with Crippen LogP contribution in [0.2, 0.25) is 0 Å². The van der Waals surface area contributed by atoms with Gasteiger partial charge in [0.15, 0.2) is 5.76 Å². The van der Waals surface area contributed by atoms with Crippen LogP contribution in [-0.2, 0) is 16.1 Å². The van der Waals surface area contributed by atoms with Gasteiger partial charge in [-0.3, -0.25) is 9.69 Å². The van der Waals surface area contributed by atoms with E-state index in [1.807, 2.05) is 42.5 Å². The van der Waals surface area contributed by atoms with Gasteiger partial charge in [0.2, 0.25) is 0 Å². The number of ether oxygens (including phenoxy) is 1. The number of para-hydroxylation sites is 1. The minimum Gasteiger partial charge on any atom is -0.426 e. The Morgan fingerprint density at radius 2 is 1.96 bits per heavy atom. The highest BCUT2D eigenvalue weighted by Gasteiger charge is 2.32. The first kappa shape index (κ1) is 18.0. The van der Waals surface area contributed by atoms with E-state index in [4.69, 9.17) is 22.2 Å². The Morgan fingerprint density at radius 1 is 1.18 bits per heavy atom. The van der Waals surface area contributed by atoms with E-state index in [0.717, 1.165) is 27.4 Å². The molecular weight excluding hydrogens is 370 g/mol. The Balaban J connectivity index is 1.77. The summed E-state index contributed by atoms with van der Waals surface area (Å²) in [4.78, 5) is 13.8. The molecule has 1 fully saturated rings. The van der Waals surface area contributed by atoms with E-state index < -0.39 is 0 Å². The molecule has 0 saturated carbocycles. The molecule has 138 valence electrons. The van der Waals surface area contributed by atoms with Gasteiger partial charge in [-0.25, -0.2) is 0 Å². The van der Waals surface area contributed by atoms with Crippen molar-refractivity contribution in [3.05, 3.63) is 66.4 Å². The number of amides is 1. The predicted molar refractivity (Wildman–Crippen MR) is 113 cm³/mol. The average molecular weight is 387 g/mol. The van der Waals surface area contributed by atoms with Gasteiger partial charge in [-0.2, -0.15) is 5.26 Å². The third kappa shape index (κ3) is 2.96. The molecule has 0 unspecified atom stereocenters. The lowest BCUT2D eigenvalue weighted by molar-refractivity contribution is -0.122. The fourth-order valence-corrected chi connectivity index (χ4v) is 3.76. The summed E-state index contributed by atoms with van der Waals surface area (Å²) < 4.78 is 7.68. The number of aromatic nitrogens is 1. The summed E-state index contributed by atoms with van der Waals surface area (Å²) >= 11 is 5.12. The highest BCUT2D eigenvalue weighted by molar-refractivity contribution is 7.80. The van der Waals surface area contributed by atoms with Crippen molar-refractivity contribution in [1.29, 1.82) is 5.26 Å². The van der Waals surface area contributed by atoms with Crippen molar-refractivity contribution in [3.8, 4) is 6.07 Å². The minimum atomic E-state index is -0.311. The van der Waals surface area contributed by atoms with Crippen molar-refractivity contribution >= 4 is 51.2 Å². The van der Waals surface area contributed by atoms with E-state index in [9.17, 15) is 4.79 Å². The molecule has 3 aromatic rings. The molecule has 0 atom stereocenters. The van der Waals surface area contributed by atoms with Crippen LogP contribution in [0.15, 0.2) is 60.9 Å². The van der Waals surface area contributed by atoms with Crippen LogP contribution in [0, 0.1) is 11.3 Å². The number of rotatable bonds is 5. The summed E-state index contributed by atoms with van der Waals surface area (Å²) in [5.74, 6) is -0.133. The summed E-state index contributed by atoms with van der Waals surface area (Å²) in [5.41, 5.74) is 3.09. The van der Waals surface area contributed by atoms with Crippen molar-refractivity contribution in [2.75, 3.05) is 6.54 Å². The van der Waals surface area contributed by atoms with Crippen molar-refractivity contribution in [2.24, 2.45) is 0 Å². The van der Waals surface area contributed by atoms with Crippen molar-refractivity contribution in [3.63, 3.8) is 0 Å². The van der Waals surface area contributed by atoms with Crippen LogP contribution < -0.4 is 0 Å². The van der Waals surface area contributed by atoms with Crippen LogP contribution in [0.25, 0.3) is 27.9 Å². The summed E-state index contributed by atoms with van der Waals surface area (Å²) in [6.45, 7) is 4.81. The molecule has 28 heavy (non-hydrogen) atoms. The molecule has 1 aromatic heterocycles. The van der Waals surface area contributed by atoms with E-state index in [1.54, 1.807) is 6.08 Å². The number of hydrogen-bond acceptors (Lipinski definition) is 4. The number of nitrogens with zero attached hydrogens (tertiary/aromatic N) is 3.